The van der Waals surface area contributed by atoms with Gasteiger partial charge in [0.15, 0.2) is 0 Å². The van der Waals surface area contributed by atoms with Gasteiger partial charge in [-0.2, -0.15) is 0 Å². The van der Waals surface area contributed by atoms with Crippen LogP contribution in [0.4, 0.5) is 4.79 Å². The number of likely N-dealkylation sites (N-methyl/N-ethyl adjacent to an activating group) is 1. The lowest BCUT2D eigenvalue weighted by Gasteiger charge is -2.23. The van der Waals surface area contributed by atoms with Crippen molar-refractivity contribution in [3.05, 3.63) is 33.8 Å². The molecule has 1 saturated carbocycles. The van der Waals surface area contributed by atoms with Crippen LogP contribution in [0.3, 0.4) is 0 Å². The molecule has 1 aliphatic rings. The van der Waals surface area contributed by atoms with Crippen LogP contribution in [0.1, 0.15) is 24.8 Å². The second-order valence-corrected chi connectivity index (χ2v) is 6.44. The topological polar surface area (TPSA) is 52.6 Å². The Morgan fingerprint density at radius 1 is 1.52 bits per heavy atom. The lowest BCUT2D eigenvalue weighted by Crippen LogP contribution is -2.44. The van der Waals surface area contributed by atoms with Crippen LogP contribution in [0.2, 0.25) is 10.0 Å². The summed E-state index contributed by atoms with van der Waals surface area (Å²) in [5, 5.41) is 13.3. The van der Waals surface area contributed by atoms with Gasteiger partial charge < -0.3 is 15.3 Å². The van der Waals surface area contributed by atoms with Gasteiger partial charge in [-0.25, -0.2) is 4.79 Å². The fraction of sp³-hybridized carbons (Fsp3) is 0.533. The molecule has 0 aromatic heterocycles. The van der Waals surface area contributed by atoms with E-state index in [2.05, 4.69) is 5.32 Å². The van der Waals surface area contributed by atoms with Crippen molar-refractivity contribution < 1.29 is 9.90 Å². The maximum atomic E-state index is 11.9. The third kappa shape index (κ3) is 4.02. The summed E-state index contributed by atoms with van der Waals surface area (Å²) in [4.78, 5) is 13.4. The molecule has 1 aliphatic carbocycles. The molecule has 1 aromatic carbocycles. The van der Waals surface area contributed by atoms with Crippen molar-refractivity contribution >= 4 is 29.2 Å². The van der Waals surface area contributed by atoms with Gasteiger partial charge in [-0.15, -0.1) is 0 Å². The number of hydrogen-bond donors (Lipinski definition) is 2. The molecular formula is C15H20Cl2N2O2. The lowest BCUT2D eigenvalue weighted by molar-refractivity contribution is 0.157. The highest BCUT2D eigenvalue weighted by Crippen LogP contribution is 2.49. The molecule has 0 heterocycles. The number of aliphatic hydroxyl groups is 1. The molecule has 116 valence electrons. The average molecular weight is 331 g/mol. The van der Waals surface area contributed by atoms with Crippen LogP contribution in [-0.4, -0.2) is 42.3 Å². The van der Waals surface area contributed by atoms with Crippen molar-refractivity contribution in [3.8, 4) is 0 Å². The predicted octanol–water partition coefficient (Wildman–Crippen LogP) is 3.12. The minimum Gasteiger partial charge on any atom is -0.394 e. The van der Waals surface area contributed by atoms with Gasteiger partial charge in [0.1, 0.15) is 0 Å². The van der Waals surface area contributed by atoms with E-state index in [9.17, 15) is 4.79 Å². The van der Waals surface area contributed by atoms with Gasteiger partial charge in [-0.3, -0.25) is 0 Å². The fourth-order valence-corrected chi connectivity index (χ4v) is 2.87. The Labute approximate surface area is 135 Å². The van der Waals surface area contributed by atoms with Crippen LogP contribution >= 0.6 is 23.2 Å². The molecule has 3 atom stereocenters. The van der Waals surface area contributed by atoms with E-state index >= 15 is 0 Å². The number of amides is 2. The maximum Gasteiger partial charge on any atom is 0.317 e. The van der Waals surface area contributed by atoms with E-state index in [1.54, 1.807) is 20.0 Å². The molecule has 21 heavy (non-hydrogen) atoms. The van der Waals surface area contributed by atoms with E-state index in [0.29, 0.717) is 28.4 Å². The summed E-state index contributed by atoms with van der Waals surface area (Å²) < 4.78 is 0. The van der Waals surface area contributed by atoms with Gasteiger partial charge in [-0.05, 0) is 42.9 Å². The smallest absolute Gasteiger partial charge is 0.317 e. The molecule has 4 nitrogen and oxygen atoms in total. The van der Waals surface area contributed by atoms with Gasteiger partial charge in [0.05, 0.1) is 12.6 Å². The third-order valence-corrected chi connectivity index (χ3v) is 4.61. The first kappa shape index (κ1) is 16.4. The van der Waals surface area contributed by atoms with Crippen molar-refractivity contribution in [2.45, 2.75) is 25.3 Å². The summed E-state index contributed by atoms with van der Waals surface area (Å²) >= 11 is 12.1. The number of urea groups is 1. The zero-order valence-corrected chi connectivity index (χ0v) is 13.7. The number of aliphatic hydroxyl groups excluding tert-OH is 1. The van der Waals surface area contributed by atoms with E-state index in [1.807, 2.05) is 12.1 Å². The molecule has 2 N–H and O–H groups in total. The van der Waals surface area contributed by atoms with Gasteiger partial charge in [0.2, 0.25) is 0 Å². The van der Waals surface area contributed by atoms with Gasteiger partial charge in [0.25, 0.3) is 0 Å². The van der Waals surface area contributed by atoms with E-state index in [1.165, 1.54) is 4.90 Å². The summed E-state index contributed by atoms with van der Waals surface area (Å²) in [5.41, 5.74) is 1.09. The highest BCUT2D eigenvalue weighted by atomic mass is 35.5. The second kappa shape index (κ2) is 6.86. The highest BCUT2D eigenvalue weighted by Gasteiger charge is 2.39. The van der Waals surface area contributed by atoms with Crippen molar-refractivity contribution in [1.82, 2.24) is 10.2 Å². The van der Waals surface area contributed by atoms with Crippen molar-refractivity contribution in [2.24, 2.45) is 5.92 Å². The first-order chi connectivity index (χ1) is 9.93. The molecule has 0 spiro atoms. The van der Waals surface area contributed by atoms with Gasteiger partial charge >= 0.3 is 6.03 Å². The Balaban J connectivity index is 1.83. The zero-order chi connectivity index (χ0) is 15.6. The van der Waals surface area contributed by atoms with Crippen molar-refractivity contribution in [1.29, 1.82) is 0 Å². The summed E-state index contributed by atoms with van der Waals surface area (Å²) in [7, 11) is 1.68. The Hall–Kier alpha value is -0.970. The van der Waals surface area contributed by atoms with Crippen molar-refractivity contribution in [2.75, 3.05) is 20.2 Å². The number of nitrogens with one attached hydrogen (secondary N) is 1. The first-order valence-corrected chi connectivity index (χ1v) is 7.76. The van der Waals surface area contributed by atoms with Crippen LogP contribution in [0.5, 0.6) is 0 Å². The van der Waals surface area contributed by atoms with Crippen LogP contribution in [0, 0.1) is 5.92 Å². The number of benzene rings is 1. The Morgan fingerprint density at radius 3 is 2.86 bits per heavy atom. The molecule has 6 heteroatoms. The fourth-order valence-electron chi connectivity index (χ4n) is 2.32. The number of hydrogen-bond acceptors (Lipinski definition) is 2. The largest absolute Gasteiger partial charge is 0.394 e. The van der Waals surface area contributed by atoms with Crippen LogP contribution in [0.15, 0.2) is 18.2 Å². The Kier molecular flexibility index (Phi) is 5.36. The van der Waals surface area contributed by atoms with E-state index in [4.69, 9.17) is 28.3 Å². The highest BCUT2D eigenvalue weighted by molar-refractivity contribution is 6.35. The number of carbonyl (C=O) groups is 1. The monoisotopic (exact) mass is 330 g/mol. The summed E-state index contributed by atoms with van der Waals surface area (Å²) in [6, 6.07) is 5.20. The molecule has 0 aliphatic heterocycles. The Bertz CT molecular complexity index is 524. The predicted molar refractivity (Wildman–Crippen MR) is 85.0 cm³/mol. The molecule has 0 bridgehead atoms. The summed E-state index contributed by atoms with van der Waals surface area (Å²) in [6.07, 6.45) is 1.01. The van der Waals surface area contributed by atoms with Gasteiger partial charge in [-0.1, -0.05) is 29.3 Å². The molecule has 0 unspecified atom stereocenters. The molecule has 0 radical (unpaired) electrons. The number of halogens is 2. The van der Waals surface area contributed by atoms with Crippen molar-refractivity contribution in [3.63, 3.8) is 0 Å². The van der Waals surface area contributed by atoms with E-state index < -0.39 is 0 Å². The van der Waals surface area contributed by atoms with E-state index in [0.717, 1.165) is 12.0 Å². The van der Waals surface area contributed by atoms with Crippen LogP contribution in [0.25, 0.3) is 0 Å². The summed E-state index contributed by atoms with van der Waals surface area (Å²) in [6.45, 7) is 2.37. The molecule has 1 fully saturated rings. The second-order valence-electron chi connectivity index (χ2n) is 5.60. The molecule has 1 aromatic rings. The first-order valence-electron chi connectivity index (χ1n) is 7.00. The quantitative estimate of drug-likeness (QED) is 0.871. The minimum absolute atomic E-state index is 0.0453. The minimum atomic E-state index is -0.189. The summed E-state index contributed by atoms with van der Waals surface area (Å²) in [5.74, 6) is 0.793. The lowest BCUT2D eigenvalue weighted by atomic mass is 10.1. The van der Waals surface area contributed by atoms with Crippen LogP contribution < -0.4 is 5.32 Å². The standard InChI is InChI=1S/C15H20Cl2N2O2/c1-9(8-20)19(2)15(21)18-7-10-5-13(10)12-4-3-11(16)6-14(12)17/h3-4,6,9-10,13,20H,5,7-8H2,1-2H3,(H,18,21)/t9-,10-,13-/m1/s1. The van der Waals surface area contributed by atoms with Crippen LogP contribution in [-0.2, 0) is 0 Å². The Morgan fingerprint density at radius 2 is 2.24 bits per heavy atom. The SMILES string of the molecule is C[C@H](CO)N(C)C(=O)NC[C@H]1C[C@H]1c1ccc(Cl)cc1Cl. The number of nitrogens with zero attached hydrogens (tertiary/aromatic N) is 1. The maximum absolute atomic E-state index is 11.9. The van der Waals surface area contributed by atoms with Gasteiger partial charge in [0, 0.05) is 23.6 Å². The molecule has 2 amide bonds. The number of carbonyl (C=O) groups excluding carboxylic acids is 1. The molecule has 0 saturated heterocycles. The normalized spacial score (nSPS) is 21.8. The van der Waals surface area contributed by atoms with E-state index in [-0.39, 0.29) is 18.7 Å². The average Bonchev–Trinajstić information content (AvgIpc) is 3.22. The molecular weight excluding hydrogens is 311 g/mol. The molecule has 2 rings (SSSR count). The number of rotatable bonds is 5. The third-order valence-electron chi connectivity index (χ3n) is 4.05. The zero-order valence-electron chi connectivity index (χ0n) is 12.1.